The minimum atomic E-state index is -1.04. The monoisotopic (exact) mass is 247 g/mol. The fourth-order valence-corrected chi connectivity index (χ4v) is 1.79. The minimum absolute atomic E-state index is 0.122. The van der Waals surface area contributed by atoms with E-state index in [0.717, 1.165) is 0 Å². The molecule has 0 aliphatic heterocycles. The van der Waals surface area contributed by atoms with Crippen molar-refractivity contribution in [2.24, 2.45) is 7.05 Å². The molecule has 6 heteroatoms. The highest BCUT2D eigenvalue weighted by Gasteiger charge is 2.14. The molecule has 0 aliphatic rings. The van der Waals surface area contributed by atoms with Crippen molar-refractivity contribution in [2.45, 2.75) is 6.92 Å². The molecule has 0 atom stereocenters. The summed E-state index contributed by atoms with van der Waals surface area (Å²) in [6.45, 7) is 1.73. The van der Waals surface area contributed by atoms with Gasteiger partial charge in [-0.1, -0.05) is 6.07 Å². The zero-order chi connectivity index (χ0) is 13.4. The van der Waals surface area contributed by atoms with E-state index in [2.05, 4.69) is 0 Å². The number of hydrogen-bond acceptors (Lipinski definition) is 3. The van der Waals surface area contributed by atoms with E-state index in [-0.39, 0.29) is 16.8 Å². The van der Waals surface area contributed by atoms with Crippen LogP contribution in [0.25, 0.3) is 5.69 Å². The van der Waals surface area contributed by atoms with E-state index in [1.54, 1.807) is 30.8 Å². The number of benzene rings is 1. The molecule has 94 valence electrons. The maximum atomic E-state index is 12.0. The number of rotatable bonds is 2. The first kappa shape index (κ1) is 12.0. The van der Waals surface area contributed by atoms with Crippen molar-refractivity contribution in [3.8, 4) is 5.69 Å². The third-order valence-electron chi connectivity index (χ3n) is 2.94. The third kappa shape index (κ3) is 1.67. The van der Waals surface area contributed by atoms with Gasteiger partial charge in [0.25, 0.3) is 5.56 Å². The van der Waals surface area contributed by atoms with Crippen molar-refractivity contribution in [3.63, 3.8) is 0 Å². The van der Waals surface area contributed by atoms with Gasteiger partial charge >= 0.3 is 5.97 Å². The predicted octanol–water partition coefficient (Wildman–Crippen LogP) is 0.765. The molecule has 0 unspecified atom stereocenters. The lowest BCUT2D eigenvalue weighted by atomic mass is 10.2. The van der Waals surface area contributed by atoms with E-state index < -0.39 is 5.97 Å². The zero-order valence-corrected chi connectivity index (χ0v) is 10.0. The lowest BCUT2D eigenvalue weighted by Crippen LogP contribution is -2.21. The molecule has 6 nitrogen and oxygen atoms in total. The highest BCUT2D eigenvalue weighted by atomic mass is 16.4. The molecule has 1 heterocycles. The molecule has 0 aliphatic carbocycles. The van der Waals surface area contributed by atoms with Gasteiger partial charge in [-0.3, -0.25) is 9.48 Å². The molecule has 2 rings (SSSR count). The largest absolute Gasteiger partial charge is 0.478 e. The number of carboxylic acid groups (broad SMARTS) is 1. The number of nitrogens with zero attached hydrogens (tertiary/aromatic N) is 2. The van der Waals surface area contributed by atoms with Gasteiger partial charge in [-0.15, -0.1) is 0 Å². The van der Waals surface area contributed by atoms with E-state index >= 15 is 0 Å². The highest BCUT2D eigenvalue weighted by molar-refractivity contribution is 5.88. The second kappa shape index (κ2) is 4.06. The highest BCUT2D eigenvalue weighted by Crippen LogP contribution is 2.13. The lowest BCUT2D eigenvalue weighted by molar-refractivity contribution is 0.0697. The molecule has 0 fully saturated rings. The SMILES string of the molecule is Cc1c(N)c(=O)n(-c2cccc(C(=O)O)c2)n1C. The number of nitrogen functional groups attached to an aromatic ring is 1. The van der Waals surface area contributed by atoms with Crippen molar-refractivity contribution >= 4 is 11.7 Å². The molecule has 0 spiro atoms. The summed E-state index contributed by atoms with van der Waals surface area (Å²) in [6, 6.07) is 6.15. The Bertz CT molecular complexity index is 682. The Morgan fingerprint density at radius 3 is 2.56 bits per heavy atom. The number of hydrogen-bond donors (Lipinski definition) is 2. The van der Waals surface area contributed by atoms with E-state index in [1.165, 1.54) is 16.8 Å². The summed E-state index contributed by atoms with van der Waals surface area (Å²) in [4.78, 5) is 22.9. The van der Waals surface area contributed by atoms with Crippen molar-refractivity contribution in [3.05, 3.63) is 45.9 Å². The van der Waals surface area contributed by atoms with Crippen molar-refractivity contribution in [2.75, 3.05) is 5.73 Å². The first-order chi connectivity index (χ1) is 8.43. The van der Waals surface area contributed by atoms with Crippen LogP contribution < -0.4 is 11.3 Å². The average molecular weight is 247 g/mol. The molecule has 0 amide bonds. The van der Waals surface area contributed by atoms with Crippen LogP contribution in [0.4, 0.5) is 5.69 Å². The van der Waals surface area contributed by atoms with Crippen LogP contribution in [-0.4, -0.2) is 20.4 Å². The fourth-order valence-electron chi connectivity index (χ4n) is 1.79. The summed E-state index contributed by atoms with van der Waals surface area (Å²) in [6.07, 6.45) is 0. The van der Waals surface area contributed by atoms with E-state index in [0.29, 0.717) is 11.4 Å². The zero-order valence-electron chi connectivity index (χ0n) is 10.0. The second-order valence-electron chi connectivity index (χ2n) is 4.00. The molecule has 1 aromatic heterocycles. The summed E-state index contributed by atoms with van der Waals surface area (Å²) in [5.41, 5.74) is 6.72. The van der Waals surface area contributed by atoms with E-state index in [4.69, 9.17) is 10.8 Å². The van der Waals surface area contributed by atoms with Crippen LogP contribution in [0.3, 0.4) is 0 Å². The molecular weight excluding hydrogens is 234 g/mol. The standard InChI is InChI=1S/C12H13N3O3/c1-7-10(13)11(16)15(14(7)2)9-5-3-4-8(6-9)12(17)18/h3-6H,13H2,1-2H3,(H,17,18). The van der Waals surface area contributed by atoms with Gasteiger partial charge in [0.2, 0.25) is 0 Å². The quantitative estimate of drug-likeness (QED) is 0.819. The van der Waals surface area contributed by atoms with E-state index in [1.807, 2.05) is 0 Å². The molecule has 18 heavy (non-hydrogen) atoms. The smallest absolute Gasteiger partial charge is 0.335 e. The summed E-state index contributed by atoms with van der Waals surface area (Å²) in [7, 11) is 1.69. The van der Waals surface area contributed by atoms with Crippen LogP contribution in [-0.2, 0) is 7.05 Å². The fraction of sp³-hybridized carbons (Fsp3) is 0.167. The predicted molar refractivity (Wildman–Crippen MR) is 67.1 cm³/mol. The number of aromatic nitrogens is 2. The van der Waals surface area contributed by atoms with Crippen LogP contribution in [0.15, 0.2) is 29.1 Å². The van der Waals surface area contributed by atoms with Crippen LogP contribution in [0.2, 0.25) is 0 Å². The summed E-state index contributed by atoms with van der Waals surface area (Å²) < 4.78 is 2.94. The maximum Gasteiger partial charge on any atom is 0.335 e. The Kier molecular flexibility index (Phi) is 2.70. The minimum Gasteiger partial charge on any atom is -0.478 e. The Morgan fingerprint density at radius 2 is 2.06 bits per heavy atom. The third-order valence-corrected chi connectivity index (χ3v) is 2.94. The number of carbonyl (C=O) groups is 1. The van der Waals surface area contributed by atoms with Gasteiger partial charge in [0.05, 0.1) is 16.9 Å². The number of carboxylic acids is 1. The Morgan fingerprint density at radius 1 is 1.39 bits per heavy atom. The second-order valence-corrected chi connectivity index (χ2v) is 4.00. The van der Waals surface area contributed by atoms with Gasteiger partial charge in [-0.25, -0.2) is 9.48 Å². The summed E-state index contributed by atoms with van der Waals surface area (Å²) in [5, 5.41) is 8.94. The number of nitrogens with two attached hydrogens (primary N) is 1. The molecule has 0 bridgehead atoms. The Labute approximate surface area is 103 Å². The van der Waals surface area contributed by atoms with Crippen LogP contribution in [0.5, 0.6) is 0 Å². The van der Waals surface area contributed by atoms with Crippen LogP contribution in [0.1, 0.15) is 16.1 Å². The van der Waals surface area contributed by atoms with Gasteiger partial charge < -0.3 is 10.8 Å². The maximum absolute atomic E-state index is 12.0. The van der Waals surface area contributed by atoms with Gasteiger partial charge in [0.1, 0.15) is 5.69 Å². The summed E-state index contributed by atoms with van der Waals surface area (Å²) in [5.74, 6) is -1.04. The molecule has 3 N–H and O–H groups in total. The molecule has 0 saturated heterocycles. The van der Waals surface area contributed by atoms with Crippen molar-refractivity contribution in [1.82, 2.24) is 9.36 Å². The first-order valence-electron chi connectivity index (χ1n) is 5.31. The number of anilines is 1. The van der Waals surface area contributed by atoms with Crippen LogP contribution >= 0.6 is 0 Å². The molecule has 0 saturated carbocycles. The molecule has 0 radical (unpaired) electrons. The molecule has 1 aromatic carbocycles. The number of aromatic carboxylic acids is 1. The molecule has 2 aromatic rings. The Balaban J connectivity index is 2.70. The van der Waals surface area contributed by atoms with Crippen molar-refractivity contribution in [1.29, 1.82) is 0 Å². The van der Waals surface area contributed by atoms with Crippen molar-refractivity contribution < 1.29 is 9.90 Å². The van der Waals surface area contributed by atoms with Gasteiger partial charge in [-0.05, 0) is 25.1 Å². The first-order valence-corrected chi connectivity index (χ1v) is 5.31. The lowest BCUT2D eigenvalue weighted by Gasteiger charge is -2.08. The van der Waals surface area contributed by atoms with Gasteiger partial charge in [-0.2, -0.15) is 0 Å². The van der Waals surface area contributed by atoms with Crippen LogP contribution in [0, 0.1) is 6.92 Å². The molecular formula is C12H13N3O3. The normalized spacial score (nSPS) is 10.6. The van der Waals surface area contributed by atoms with Gasteiger partial charge in [0, 0.05) is 7.05 Å². The topological polar surface area (TPSA) is 90.2 Å². The van der Waals surface area contributed by atoms with E-state index in [9.17, 15) is 9.59 Å². The Hall–Kier alpha value is -2.50. The summed E-state index contributed by atoms with van der Waals surface area (Å²) >= 11 is 0. The van der Waals surface area contributed by atoms with Gasteiger partial charge in [0.15, 0.2) is 0 Å². The average Bonchev–Trinajstić information content (AvgIpc) is 2.54.